The van der Waals surface area contributed by atoms with Crippen molar-refractivity contribution in [1.29, 1.82) is 0 Å². The van der Waals surface area contributed by atoms with Gasteiger partial charge < -0.3 is 20.3 Å². The normalized spacial score (nSPS) is 16.4. The summed E-state index contributed by atoms with van der Waals surface area (Å²) in [6, 6.07) is 9.21. The second-order valence-electron chi connectivity index (χ2n) is 6.64. The number of likely N-dealkylation sites (N-methyl/N-ethyl adjacent to an activating group) is 1. The van der Waals surface area contributed by atoms with Gasteiger partial charge in [0.05, 0.1) is 6.04 Å². The van der Waals surface area contributed by atoms with Crippen molar-refractivity contribution >= 4 is 12.0 Å². The molecule has 2 rings (SSSR count). The van der Waals surface area contributed by atoms with Crippen molar-refractivity contribution in [3.05, 3.63) is 35.9 Å². The highest BCUT2D eigenvalue weighted by atomic mass is 16.6. The van der Waals surface area contributed by atoms with Crippen LogP contribution in [0.1, 0.15) is 32.3 Å². The lowest BCUT2D eigenvalue weighted by molar-refractivity contribution is -0.132. The second kappa shape index (κ2) is 9.42. The highest BCUT2D eigenvalue weighted by molar-refractivity contribution is 5.81. The zero-order chi connectivity index (χ0) is 18.2. The maximum Gasteiger partial charge on any atom is 0.410 e. The zero-order valence-corrected chi connectivity index (χ0v) is 15.2. The summed E-state index contributed by atoms with van der Waals surface area (Å²) in [6.45, 7) is 6.70. The summed E-state index contributed by atoms with van der Waals surface area (Å²) in [4.78, 5) is 27.8. The van der Waals surface area contributed by atoms with Crippen molar-refractivity contribution in [3.63, 3.8) is 0 Å². The average Bonchev–Trinajstić information content (AvgIpc) is 2.64. The monoisotopic (exact) mass is 347 g/mol. The highest BCUT2D eigenvalue weighted by Crippen LogP contribution is 2.19. The Bertz CT molecular complexity index is 554. The van der Waals surface area contributed by atoms with Gasteiger partial charge in [-0.1, -0.05) is 30.3 Å². The number of benzene rings is 1. The molecule has 0 bridgehead atoms. The van der Waals surface area contributed by atoms with E-state index in [1.54, 1.807) is 11.8 Å². The summed E-state index contributed by atoms with van der Waals surface area (Å²) in [5, 5.41) is 0. The Morgan fingerprint density at radius 3 is 2.48 bits per heavy atom. The average molecular weight is 347 g/mol. The Kier molecular flexibility index (Phi) is 7.25. The van der Waals surface area contributed by atoms with Crippen LogP contribution >= 0.6 is 0 Å². The fourth-order valence-corrected chi connectivity index (χ4v) is 3.08. The van der Waals surface area contributed by atoms with E-state index in [-0.39, 0.29) is 12.0 Å². The van der Waals surface area contributed by atoms with Gasteiger partial charge in [0.1, 0.15) is 6.61 Å². The van der Waals surface area contributed by atoms with Crippen LogP contribution in [0.15, 0.2) is 30.3 Å². The molecule has 1 heterocycles. The van der Waals surface area contributed by atoms with Crippen molar-refractivity contribution in [1.82, 2.24) is 9.80 Å². The number of nitrogens with zero attached hydrogens (tertiary/aromatic N) is 2. The summed E-state index contributed by atoms with van der Waals surface area (Å²) < 4.78 is 5.38. The first-order valence-electron chi connectivity index (χ1n) is 9.01. The predicted molar refractivity (Wildman–Crippen MR) is 96.8 cm³/mol. The molecule has 0 aliphatic carbocycles. The van der Waals surface area contributed by atoms with Crippen molar-refractivity contribution in [2.24, 2.45) is 11.7 Å². The van der Waals surface area contributed by atoms with Gasteiger partial charge >= 0.3 is 6.09 Å². The Labute approximate surface area is 149 Å². The SMILES string of the molecule is CCN(CC1CCN(C(=O)OCc2ccccc2)CC1)C(=O)C(C)N. The minimum absolute atomic E-state index is 0.00722. The third kappa shape index (κ3) is 5.74. The Balaban J connectivity index is 1.75. The van der Waals surface area contributed by atoms with E-state index in [9.17, 15) is 9.59 Å². The number of carbonyl (C=O) groups excluding carboxylic acids is 2. The molecule has 6 heteroatoms. The van der Waals surface area contributed by atoms with Crippen LogP contribution in [0.5, 0.6) is 0 Å². The maximum atomic E-state index is 12.2. The number of nitrogens with two attached hydrogens (primary N) is 1. The summed E-state index contributed by atoms with van der Waals surface area (Å²) in [5.41, 5.74) is 6.68. The molecule has 0 spiro atoms. The van der Waals surface area contributed by atoms with Crippen LogP contribution in [0.4, 0.5) is 4.79 Å². The molecule has 2 amide bonds. The van der Waals surface area contributed by atoms with E-state index >= 15 is 0 Å². The first-order valence-corrected chi connectivity index (χ1v) is 9.01. The van der Waals surface area contributed by atoms with E-state index in [1.807, 2.05) is 42.2 Å². The summed E-state index contributed by atoms with van der Waals surface area (Å²) in [6.07, 6.45) is 1.49. The second-order valence-corrected chi connectivity index (χ2v) is 6.64. The minimum Gasteiger partial charge on any atom is -0.445 e. The molecule has 1 atom stereocenters. The molecule has 1 aliphatic heterocycles. The summed E-state index contributed by atoms with van der Waals surface area (Å²) >= 11 is 0. The molecule has 0 saturated carbocycles. The quantitative estimate of drug-likeness (QED) is 0.856. The van der Waals surface area contributed by atoms with Crippen LogP contribution in [0.2, 0.25) is 0 Å². The smallest absolute Gasteiger partial charge is 0.410 e. The molecule has 1 unspecified atom stereocenters. The third-order valence-electron chi connectivity index (χ3n) is 4.64. The Hall–Kier alpha value is -2.08. The maximum absolute atomic E-state index is 12.2. The van der Waals surface area contributed by atoms with Crippen molar-refractivity contribution in [3.8, 4) is 0 Å². The van der Waals surface area contributed by atoms with Gasteiger partial charge in [-0.25, -0.2) is 4.79 Å². The fraction of sp³-hybridized carbons (Fsp3) is 0.579. The lowest BCUT2D eigenvalue weighted by Crippen LogP contribution is -2.46. The van der Waals surface area contributed by atoms with Crippen LogP contribution in [0, 0.1) is 5.92 Å². The molecular formula is C19H29N3O3. The van der Waals surface area contributed by atoms with E-state index in [2.05, 4.69) is 0 Å². The van der Waals surface area contributed by atoms with E-state index in [4.69, 9.17) is 10.5 Å². The molecule has 1 aliphatic rings. The van der Waals surface area contributed by atoms with E-state index in [1.165, 1.54) is 0 Å². The first kappa shape index (κ1) is 19.2. The van der Waals surface area contributed by atoms with E-state index in [0.717, 1.165) is 18.4 Å². The number of amides is 2. The molecule has 1 aromatic carbocycles. The third-order valence-corrected chi connectivity index (χ3v) is 4.64. The largest absolute Gasteiger partial charge is 0.445 e. The first-order chi connectivity index (χ1) is 12.0. The number of likely N-dealkylation sites (tertiary alicyclic amines) is 1. The minimum atomic E-state index is -0.465. The van der Waals surface area contributed by atoms with Crippen molar-refractivity contribution < 1.29 is 14.3 Å². The van der Waals surface area contributed by atoms with Crippen LogP contribution < -0.4 is 5.73 Å². The van der Waals surface area contributed by atoms with E-state index < -0.39 is 6.04 Å². The van der Waals surface area contributed by atoms with Crippen molar-refractivity contribution in [2.75, 3.05) is 26.2 Å². The van der Waals surface area contributed by atoms with E-state index in [0.29, 0.717) is 38.7 Å². The van der Waals surface area contributed by atoms with Gasteiger partial charge in [0, 0.05) is 26.2 Å². The molecule has 138 valence electrons. The lowest BCUT2D eigenvalue weighted by atomic mass is 9.96. The van der Waals surface area contributed by atoms with Crippen LogP contribution in [0.3, 0.4) is 0 Å². The molecule has 1 saturated heterocycles. The number of hydrogen-bond acceptors (Lipinski definition) is 4. The predicted octanol–water partition coefficient (Wildman–Crippen LogP) is 2.23. The molecule has 2 N–H and O–H groups in total. The van der Waals surface area contributed by atoms with Gasteiger partial charge in [0.2, 0.25) is 5.91 Å². The van der Waals surface area contributed by atoms with Gasteiger partial charge in [0.15, 0.2) is 0 Å². The van der Waals surface area contributed by atoms with Gasteiger partial charge in [-0.05, 0) is 38.2 Å². The van der Waals surface area contributed by atoms with Gasteiger partial charge in [-0.15, -0.1) is 0 Å². The Morgan fingerprint density at radius 2 is 1.92 bits per heavy atom. The van der Waals surface area contributed by atoms with Crippen LogP contribution in [0.25, 0.3) is 0 Å². The molecule has 0 radical (unpaired) electrons. The number of ether oxygens (including phenoxy) is 1. The molecule has 0 aromatic heterocycles. The summed E-state index contributed by atoms with van der Waals surface area (Å²) in [5.74, 6) is 0.396. The lowest BCUT2D eigenvalue weighted by Gasteiger charge is -2.34. The molecule has 25 heavy (non-hydrogen) atoms. The number of carbonyl (C=O) groups is 2. The van der Waals surface area contributed by atoms with Gasteiger partial charge in [-0.2, -0.15) is 0 Å². The molecule has 1 aromatic rings. The topological polar surface area (TPSA) is 75.9 Å². The Morgan fingerprint density at radius 1 is 1.28 bits per heavy atom. The summed E-state index contributed by atoms with van der Waals surface area (Å²) in [7, 11) is 0. The number of hydrogen-bond donors (Lipinski definition) is 1. The zero-order valence-electron chi connectivity index (χ0n) is 15.2. The standard InChI is InChI=1S/C19H29N3O3/c1-3-21(18(23)15(2)20)13-16-9-11-22(12-10-16)19(24)25-14-17-7-5-4-6-8-17/h4-8,15-16H,3,9-14,20H2,1-2H3. The highest BCUT2D eigenvalue weighted by Gasteiger charge is 2.26. The van der Waals surface area contributed by atoms with Gasteiger partial charge in [0.25, 0.3) is 0 Å². The van der Waals surface area contributed by atoms with Gasteiger partial charge in [-0.3, -0.25) is 4.79 Å². The van der Waals surface area contributed by atoms with Crippen molar-refractivity contribution in [2.45, 2.75) is 39.3 Å². The van der Waals surface area contributed by atoms with Crippen LogP contribution in [-0.4, -0.2) is 54.0 Å². The van der Waals surface area contributed by atoms with Crippen LogP contribution in [-0.2, 0) is 16.1 Å². The number of rotatable bonds is 6. The molecule has 6 nitrogen and oxygen atoms in total. The fourth-order valence-electron chi connectivity index (χ4n) is 3.08. The molecule has 1 fully saturated rings. The number of piperidine rings is 1. The molecular weight excluding hydrogens is 318 g/mol.